The average molecular weight is 231 g/mol. The number of nitrogens with zero attached hydrogens (tertiary/aromatic N) is 1. The smallest absolute Gasteiger partial charge is 0.170 e. The van der Waals surface area contributed by atoms with E-state index in [1.54, 1.807) is 0 Å². The first kappa shape index (κ1) is 12.1. The summed E-state index contributed by atoms with van der Waals surface area (Å²) >= 11 is 3.89. The third kappa shape index (κ3) is 2.84. The molecule has 7 heteroatoms. The van der Waals surface area contributed by atoms with Crippen molar-refractivity contribution < 1.29 is 8.42 Å². The summed E-state index contributed by atoms with van der Waals surface area (Å²) < 4.78 is 21.8. The van der Waals surface area contributed by atoms with Gasteiger partial charge < -0.3 is 4.90 Å². The molecule has 0 saturated carbocycles. The molecule has 0 aromatic carbocycles. The summed E-state index contributed by atoms with van der Waals surface area (Å²) in [6.07, 6.45) is 0. The fraction of sp³-hybridized carbons (Fsp3) is 0.800. The van der Waals surface area contributed by atoms with Crippen molar-refractivity contribution in [1.29, 1.82) is 5.41 Å². The normalized spacial score (nSPS) is 20.2. The van der Waals surface area contributed by atoms with E-state index in [1.165, 1.54) is 4.90 Å². The van der Waals surface area contributed by atoms with Gasteiger partial charge in [-0.1, -0.05) is 0 Å². The SMILES string of the molecule is Cl.N=C(CS)N1CCS(=O)(=O)C1. The zero-order valence-corrected chi connectivity index (χ0v) is 8.88. The topological polar surface area (TPSA) is 61.2 Å². The molecule has 1 aliphatic heterocycles. The van der Waals surface area contributed by atoms with Crippen LogP contribution in [0.2, 0.25) is 0 Å². The lowest BCUT2D eigenvalue weighted by atomic mass is 10.5. The van der Waals surface area contributed by atoms with Crippen LogP contribution in [0.15, 0.2) is 0 Å². The lowest BCUT2D eigenvalue weighted by Crippen LogP contribution is -2.29. The Balaban J connectivity index is 0.00000121. The number of sulfone groups is 1. The Morgan fingerprint density at radius 3 is 2.50 bits per heavy atom. The van der Waals surface area contributed by atoms with Crippen LogP contribution >= 0.6 is 25.0 Å². The highest BCUT2D eigenvalue weighted by atomic mass is 35.5. The molecule has 1 N–H and O–H groups in total. The number of nitrogens with one attached hydrogen (secondary N) is 1. The van der Waals surface area contributed by atoms with E-state index in [4.69, 9.17) is 5.41 Å². The number of thiol groups is 1. The van der Waals surface area contributed by atoms with Crippen LogP contribution in [-0.2, 0) is 9.84 Å². The number of amidine groups is 1. The quantitative estimate of drug-likeness (QED) is 0.379. The molecule has 1 aliphatic rings. The van der Waals surface area contributed by atoms with Crippen molar-refractivity contribution in [2.24, 2.45) is 0 Å². The van der Waals surface area contributed by atoms with Crippen LogP contribution in [0.5, 0.6) is 0 Å². The molecule has 12 heavy (non-hydrogen) atoms. The van der Waals surface area contributed by atoms with E-state index in [1.807, 2.05) is 0 Å². The minimum absolute atomic E-state index is 0. The van der Waals surface area contributed by atoms with Crippen molar-refractivity contribution in [1.82, 2.24) is 4.90 Å². The Hall–Kier alpha value is 0.0600. The maximum atomic E-state index is 10.9. The van der Waals surface area contributed by atoms with Crippen molar-refractivity contribution >= 4 is 40.7 Å². The number of rotatable bonds is 1. The molecule has 1 saturated heterocycles. The Morgan fingerprint density at radius 1 is 1.58 bits per heavy atom. The molecule has 0 unspecified atom stereocenters. The number of halogens is 1. The van der Waals surface area contributed by atoms with E-state index in [-0.39, 0.29) is 29.9 Å². The summed E-state index contributed by atoms with van der Waals surface area (Å²) in [5.74, 6) is 0.750. The Kier molecular flexibility index (Phi) is 4.36. The molecule has 0 atom stereocenters. The second-order valence-electron chi connectivity index (χ2n) is 2.45. The van der Waals surface area contributed by atoms with E-state index in [0.717, 1.165) is 0 Å². The summed E-state index contributed by atoms with van der Waals surface area (Å²) in [4.78, 5) is 1.53. The van der Waals surface area contributed by atoms with Gasteiger partial charge >= 0.3 is 0 Å². The van der Waals surface area contributed by atoms with E-state index < -0.39 is 9.84 Å². The van der Waals surface area contributed by atoms with Gasteiger partial charge in [0, 0.05) is 12.3 Å². The van der Waals surface area contributed by atoms with Crippen LogP contribution in [0.4, 0.5) is 0 Å². The van der Waals surface area contributed by atoms with E-state index in [0.29, 0.717) is 12.3 Å². The molecule has 72 valence electrons. The molecular formula is C5H11ClN2O2S2. The van der Waals surface area contributed by atoms with Crippen molar-refractivity contribution in [3.63, 3.8) is 0 Å². The first-order valence-corrected chi connectivity index (χ1v) is 5.64. The van der Waals surface area contributed by atoms with Gasteiger partial charge in [-0.05, 0) is 0 Å². The van der Waals surface area contributed by atoms with Crippen molar-refractivity contribution in [3.05, 3.63) is 0 Å². The summed E-state index contributed by atoms with van der Waals surface area (Å²) in [6, 6.07) is 0. The average Bonchev–Trinajstić information content (AvgIpc) is 2.29. The van der Waals surface area contributed by atoms with Crippen LogP contribution in [0.25, 0.3) is 0 Å². The van der Waals surface area contributed by atoms with Crippen molar-refractivity contribution in [2.75, 3.05) is 23.9 Å². The molecule has 0 aliphatic carbocycles. The Morgan fingerprint density at radius 2 is 2.17 bits per heavy atom. The van der Waals surface area contributed by atoms with Crippen LogP contribution in [0.1, 0.15) is 0 Å². The first-order valence-electron chi connectivity index (χ1n) is 3.19. The number of hydrogen-bond donors (Lipinski definition) is 2. The Bertz CT molecular complexity index is 265. The van der Waals surface area contributed by atoms with Gasteiger partial charge in [0.2, 0.25) is 0 Å². The molecule has 0 aromatic rings. The van der Waals surface area contributed by atoms with Crippen LogP contribution in [-0.4, -0.2) is 43.1 Å². The predicted molar refractivity (Wildman–Crippen MR) is 54.2 cm³/mol. The highest BCUT2D eigenvalue weighted by Gasteiger charge is 2.26. The minimum Gasteiger partial charge on any atom is -0.344 e. The van der Waals surface area contributed by atoms with Crippen LogP contribution < -0.4 is 0 Å². The summed E-state index contributed by atoms with van der Waals surface area (Å²) in [6.45, 7) is 0.446. The van der Waals surface area contributed by atoms with Crippen LogP contribution in [0, 0.1) is 5.41 Å². The zero-order valence-electron chi connectivity index (χ0n) is 6.36. The molecule has 0 aromatic heterocycles. The van der Waals surface area contributed by atoms with Gasteiger partial charge in [0.15, 0.2) is 9.84 Å². The second-order valence-corrected chi connectivity index (χ2v) is 4.91. The van der Waals surface area contributed by atoms with Gasteiger partial charge in [0.1, 0.15) is 11.7 Å². The lowest BCUT2D eigenvalue weighted by molar-refractivity contribution is 0.528. The first-order chi connectivity index (χ1) is 5.05. The van der Waals surface area contributed by atoms with Crippen molar-refractivity contribution in [3.8, 4) is 0 Å². The highest BCUT2D eigenvalue weighted by molar-refractivity contribution is 7.91. The second kappa shape index (κ2) is 4.34. The van der Waals surface area contributed by atoms with E-state index in [9.17, 15) is 8.42 Å². The molecule has 0 amide bonds. The van der Waals surface area contributed by atoms with Crippen molar-refractivity contribution in [2.45, 2.75) is 0 Å². The van der Waals surface area contributed by atoms with Gasteiger partial charge in [-0.3, -0.25) is 5.41 Å². The molecule has 0 spiro atoms. The fourth-order valence-corrected chi connectivity index (χ4v) is 2.52. The number of hydrogen-bond acceptors (Lipinski definition) is 4. The van der Waals surface area contributed by atoms with Gasteiger partial charge in [-0.25, -0.2) is 8.42 Å². The Labute approximate surface area is 83.6 Å². The molecule has 0 radical (unpaired) electrons. The molecule has 1 fully saturated rings. The summed E-state index contributed by atoms with van der Waals surface area (Å²) in [7, 11) is -2.90. The zero-order chi connectivity index (χ0) is 8.48. The molecule has 0 bridgehead atoms. The highest BCUT2D eigenvalue weighted by Crippen LogP contribution is 2.07. The molecule has 4 nitrogen and oxygen atoms in total. The van der Waals surface area contributed by atoms with Gasteiger partial charge in [-0.2, -0.15) is 12.6 Å². The largest absolute Gasteiger partial charge is 0.344 e. The summed E-state index contributed by atoms with van der Waals surface area (Å²) in [5.41, 5.74) is 0. The van der Waals surface area contributed by atoms with Gasteiger partial charge in [0.25, 0.3) is 0 Å². The standard InChI is InChI=1S/C5H10N2O2S2.ClH/c6-5(3-10)7-1-2-11(8,9)4-7;/h6,10H,1-4H2;1H. The van der Waals surface area contributed by atoms with E-state index >= 15 is 0 Å². The third-order valence-corrected chi connectivity index (χ3v) is 3.37. The molecule has 1 heterocycles. The predicted octanol–water partition coefficient (Wildman–Crippen LogP) is 0.00317. The summed E-state index contributed by atoms with van der Waals surface area (Å²) in [5, 5.41) is 7.30. The minimum atomic E-state index is -2.90. The fourth-order valence-electron chi connectivity index (χ4n) is 0.929. The van der Waals surface area contributed by atoms with Gasteiger partial charge in [0.05, 0.1) is 5.75 Å². The third-order valence-electron chi connectivity index (χ3n) is 1.56. The monoisotopic (exact) mass is 230 g/mol. The van der Waals surface area contributed by atoms with Gasteiger partial charge in [-0.15, -0.1) is 12.4 Å². The maximum Gasteiger partial charge on any atom is 0.170 e. The maximum absolute atomic E-state index is 10.9. The lowest BCUT2D eigenvalue weighted by Gasteiger charge is -2.14. The molecule has 1 rings (SSSR count). The van der Waals surface area contributed by atoms with Crippen LogP contribution in [0.3, 0.4) is 0 Å². The molecular weight excluding hydrogens is 220 g/mol. The van der Waals surface area contributed by atoms with E-state index in [2.05, 4.69) is 12.6 Å².